The normalized spacial score (nSPS) is 23.8. The van der Waals surface area contributed by atoms with Gasteiger partial charge in [0.1, 0.15) is 19.3 Å². The Morgan fingerprint density at radius 1 is 1.24 bits per heavy atom. The first-order chi connectivity index (χ1) is 11.9. The topological polar surface area (TPSA) is 115 Å². The zero-order valence-electron chi connectivity index (χ0n) is 13.5. The van der Waals surface area contributed by atoms with Crippen LogP contribution in [0.15, 0.2) is 27.6 Å². The molecule has 134 valence electrons. The minimum absolute atomic E-state index is 0.0388. The molecule has 0 radical (unpaired) electrons. The van der Waals surface area contributed by atoms with Crippen molar-refractivity contribution in [3.05, 3.63) is 29.9 Å². The van der Waals surface area contributed by atoms with Crippen LogP contribution in [0.5, 0.6) is 11.5 Å². The molecule has 1 fully saturated rings. The van der Waals surface area contributed by atoms with Gasteiger partial charge in [-0.2, -0.15) is 9.29 Å². The SMILES string of the molecule is Cc1noc([C@H]2C[C@H](O)CN2S(=O)(=O)c2ccc3c(c2)OCCO3)n1. The van der Waals surface area contributed by atoms with Crippen molar-refractivity contribution in [1.29, 1.82) is 0 Å². The van der Waals surface area contributed by atoms with E-state index in [1.165, 1.54) is 16.4 Å². The van der Waals surface area contributed by atoms with E-state index in [2.05, 4.69) is 10.1 Å². The summed E-state index contributed by atoms with van der Waals surface area (Å²) in [6.07, 6.45) is -0.602. The average molecular weight is 367 g/mol. The van der Waals surface area contributed by atoms with Gasteiger partial charge in [-0.25, -0.2) is 8.42 Å². The van der Waals surface area contributed by atoms with Crippen LogP contribution in [-0.4, -0.2) is 53.8 Å². The number of aliphatic hydroxyl groups is 1. The molecule has 0 bridgehead atoms. The summed E-state index contributed by atoms with van der Waals surface area (Å²) in [5, 5.41) is 13.7. The Hall–Kier alpha value is -2.17. The second kappa shape index (κ2) is 5.97. The number of aromatic nitrogens is 2. The number of aliphatic hydroxyl groups excluding tert-OH is 1. The second-order valence-corrected chi connectivity index (χ2v) is 7.86. The number of fused-ring (bicyclic) bond motifs is 1. The molecule has 0 aliphatic carbocycles. The summed E-state index contributed by atoms with van der Waals surface area (Å²) in [6, 6.07) is 3.77. The highest BCUT2D eigenvalue weighted by Crippen LogP contribution is 2.38. The molecule has 2 atom stereocenters. The molecule has 3 heterocycles. The predicted molar refractivity (Wildman–Crippen MR) is 83.7 cm³/mol. The number of benzene rings is 1. The molecule has 25 heavy (non-hydrogen) atoms. The maximum absolute atomic E-state index is 13.1. The van der Waals surface area contributed by atoms with Crippen LogP contribution in [0, 0.1) is 6.92 Å². The van der Waals surface area contributed by atoms with Crippen molar-refractivity contribution in [1.82, 2.24) is 14.4 Å². The highest BCUT2D eigenvalue weighted by Gasteiger charge is 2.43. The fraction of sp³-hybridized carbons (Fsp3) is 0.467. The van der Waals surface area contributed by atoms with Gasteiger partial charge >= 0.3 is 0 Å². The summed E-state index contributed by atoms with van der Waals surface area (Å²) in [6.45, 7) is 2.40. The number of hydrogen-bond acceptors (Lipinski definition) is 8. The molecule has 2 aromatic rings. The number of nitrogens with zero attached hydrogens (tertiary/aromatic N) is 3. The first-order valence-electron chi connectivity index (χ1n) is 7.85. The molecule has 9 nitrogen and oxygen atoms in total. The van der Waals surface area contributed by atoms with E-state index in [1.807, 2.05) is 0 Å². The van der Waals surface area contributed by atoms with Crippen LogP contribution < -0.4 is 9.47 Å². The molecule has 2 aliphatic rings. The van der Waals surface area contributed by atoms with E-state index in [4.69, 9.17) is 14.0 Å². The van der Waals surface area contributed by atoms with Crippen LogP contribution in [0.1, 0.15) is 24.2 Å². The van der Waals surface area contributed by atoms with E-state index >= 15 is 0 Å². The van der Waals surface area contributed by atoms with Gasteiger partial charge in [-0.3, -0.25) is 0 Å². The number of rotatable bonds is 3. The van der Waals surface area contributed by atoms with Crippen molar-refractivity contribution in [2.24, 2.45) is 0 Å². The molecule has 1 aromatic carbocycles. The Balaban J connectivity index is 1.71. The van der Waals surface area contributed by atoms with Gasteiger partial charge in [0.05, 0.1) is 11.0 Å². The minimum atomic E-state index is -3.88. The summed E-state index contributed by atoms with van der Waals surface area (Å²) >= 11 is 0. The Labute approximate surface area is 144 Å². The van der Waals surface area contributed by atoms with Gasteiger partial charge in [-0.1, -0.05) is 5.16 Å². The van der Waals surface area contributed by atoms with Crippen LogP contribution in [0.2, 0.25) is 0 Å². The van der Waals surface area contributed by atoms with E-state index < -0.39 is 22.2 Å². The quantitative estimate of drug-likeness (QED) is 0.841. The Morgan fingerprint density at radius 2 is 2.00 bits per heavy atom. The second-order valence-electron chi connectivity index (χ2n) is 5.97. The molecular weight excluding hydrogens is 350 g/mol. The molecular formula is C15H17N3O6S. The summed E-state index contributed by atoms with van der Waals surface area (Å²) in [5.74, 6) is 1.48. The Kier molecular flexibility index (Phi) is 3.89. The highest BCUT2D eigenvalue weighted by molar-refractivity contribution is 7.89. The number of hydrogen-bond donors (Lipinski definition) is 1. The lowest BCUT2D eigenvalue weighted by atomic mass is 10.2. The number of ether oxygens (including phenoxy) is 2. The van der Waals surface area contributed by atoms with Crippen molar-refractivity contribution in [3.63, 3.8) is 0 Å². The van der Waals surface area contributed by atoms with Gasteiger partial charge in [0.15, 0.2) is 17.3 Å². The summed E-state index contributed by atoms with van der Waals surface area (Å²) in [5.41, 5.74) is 0. The van der Waals surface area contributed by atoms with Crippen molar-refractivity contribution >= 4 is 10.0 Å². The third-order valence-corrected chi connectivity index (χ3v) is 6.05. The van der Waals surface area contributed by atoms with E-state index in [9.17, 15) is 13.5 Å². The molecule has 1 aromatic heterocycles. The maximum atomic E-state index is 13.1. The van der Waals surface area contributed by atoms with Crippen LogP contribution in [0.4, 0.5) is 0 Å². The van der Waals surface area contributed by atoms with Crippen molar-refractivity contribution in [3.8, 4) is 11.5 Å². The maximum Gasteiger partial charge on any atom is 0.245 e. The van der Waals surface area contributed by atoms with Crippen LogP contribution in [0.3, 0.4) is 0 Å². The van der Waals surface area contributed by atoms with Crippen molar-refractivity contribution in [2.45, 2.75) is 30.4 Å². The monoisotopic (exact) mass is 367 g/mol. The standard InChI is InChI=1S/C15H17N3O6S/c1-9-16-15(24-17-9)12-6-10(19)8-18(12)25(20,21)11-2-3-13-14(7-11)23-5-4-22-13/h2-3,7,10,12,19H,4-6,8H2,1H3/t10-,12+/m0/s1. The number of aryl methyl sites for hydroxylation is 1. The first kappa shape index (κ1) is 16.3. The minimum Gasteiger partial charge on any atom is -0.486 e. The van der Waals surface area contributed by atoms with E-state index in [1.54, 1.807) is 13.0 Å². The molecule has 2 aliphatic heterocycles. The van der Waals surface area contributed by atoms with Gasteiger partial charge in [-0.05, 0) is 19.1 Å². The molecule has 0 saturated carbocycles. The van der Waals surface area contributed by atoms with Gasteiger partial charge < -0.3 is 19.1 Å². The predicted octanol–water partition coefficient (Wildman–Crippen LogP) is 0.646. The summed E-state index contributed by atoms with van der Waals surface area (Å²) < 4.78 is 43.4. The zero-order chi connectivity index (χ0) is 17.6. The lowest BCUT2D eigenvalue weighted by molar-refractivity contribution is 0.171. The smallest absolute Gasteiger partial charge is 0.245 e. The molecule has 0 amide bonds. The van der Waals surface area contributed by atoms with Gasteiger partial charge in [0.25, 0.3) is 0 Å². The molecule has 0 spiro atoms. The van der Waals surface area contributed by atoms with Crippen molar-refractivity contribution < 1.29 is 27.5 Å². The van der Waals surface area contributed by atoms with E-state index in [0.29, 0.717) is 30.5 Å². The van der Waals surface area contributed by atoms with Crippen LogP contribution in [-0.2, 0) is 10.0 Å². The summed E-state index contributed by atoms with van der Waals surface area (Å²) in [7, 11) is -3.88. The molecule has 4 rings (SSSR count). The fourth-order valence-electron chi connectivity index (χ4n) is 3.04. The molecule has 0 unspecified atom stereocenters. The molecule has 1 N–H and O–H groups in total. The van der Waals surface area contributed by atoms with Crippen molar-refractivity contribution in [2.75, 3.05) is 19.8 Å². The van der Waals surface area contributed by atoms with Crippen LogP contribution >= 0.6 is 0 Å². The first-order valence-corrected chi connectivity index (χ1v) is 9.29. The van der Waals surface area contributed by atoms with Gasteiger partial charge in [-0.15, -0.1) is 0 Å². The Bertz CT molecular complexity index is 896. The van der Waals surface area contributed by atoms with Crippen LogP contribution in [0.25, 0.3) is 0 Å². The van der Waals surface area contributed by atoms with Gasteiger partial charge in [0, 0.05) is 19.0 Å². The lowest BCUT2D eigenvalue weighted by Crippen LogP contribution is -2.32. The van der Waals surface area contributed by atoms with E-state index in [-0.39, 0.29) is 23.8 Å². The summed E-state index contributed by atoms with van der Waals surface area (Å²) in [4.78, 5) is 4.18. The zero-order valence-corrected chi connectivity index (χ0v) is 14.3. The number of β-amino-alcohol motifs (C(OH)–C–C–N with tert-alkyl or cyclic N) is 1. The third kappa shape index (κ3) is 2.86. The molecule has 1 saturated heterocycles. The number of sulfonamides is 1. The molecule has 10 heteroatoms. The lowest BCUT2D eigenvalue weighted by Gasteiger charge is -2.23. The van der Waals surface area contributed by atoms with Gasteiger partial charge in [0.2, 0.25) is 15.9 Å². The Morgan fingerprint density at radius 3 is 2.72 bits per heavy atom. The largest absolute Gasteiger partial charge is 0.486 e. The third-order valence-electron chi connectivity index (χ3n) is 4.18. The average Bonchev–Trinajstić information content (AvgIpc) is 3.20. The fourth-order valence-corrected chi connectivity index (χ4v) is 4.69. The highest BCUT2D eigenvalue weighted by atomic mass is 32.2. The van der Waals surface area contributed by atoms with E-state index in [0.717, 1.165) is 0 Å².